The van der Waals surface area contributed by atoms with Crippen LogP contribution in [0.5, 0.6) is 0 Å². The average Bonchev–Trinajstić information content (AvgIpc) is 2.82. The Bertz CT molecular complexity index is 692. The molecule has 4 heteroatoms. The summed E-state index contributed by atoms with van der Waals surface area (Å²) in [6.45, 7) is 0.998. The van der Waals surface area contributed by atoms with Gasteiger partial charge in [0, 0.05) is 23.5 Å². The Morgan fingerprint density at radius 3 is 2.86 bits per heavy atom. The average molecular weight is 298 g/mol. The van der Waals surface area contributed by atoms with Crippen LogP contribution in [0.25, 0.3) is 0 Å². The summed E-state index contributed by atoms with van der Waals surface area (Å²) in [7, 11) is 0. The molecule has 2 aromatic rings. The van der Waals surface area contributed by atoms with Gasteiger partial charge in [-0.05, 0) is 43.7 Å². The first kappa shape index (κ1) is 13.0. The molecule has 0 radical (unpaired) electrons. The van der Waals surface area contributed by atoms with Gasteiger partial charge < -0.3 is 4.90 Å². The lowest BCUT2D eigenvalue weighted by Crippen LogP contribution is -2.18. The standard InChI is InChI=1S/C17H18N2OS/c20-14-9-5-10-15-16(14)18-17(21-15)19-11-4-3-7-12-6-1-2-8-13(12)19/h1-2,6,8H,3-5,7,9-11H2. The van der Waals surface area contributed by atoms with Gasteiger partial charge >= 0.3 is 0 Å². The predicted molar refractivity (Wildman–Crippen MR) is 85.8 cm³/mol. The van der Waals surface area contributed by atoms with E-state index in [4.69, 9.17) is 4.98 Å². The van der Waals surface area contributed by atoms with Gasteiger partial charge in [0.05, 0.1) is 0 Å². The number of para-hydroxylation sites is 1. The number of rotatable bonds is 1. The fourth-order valence-corrected chi connectivity index (χ4v) is 4.42. The number of benzene rings is 1. The summed E-state index contributed by atoms with van der Waals surface area (Å²) in [4.78, 5) is 20.2. The number of hydrogen-bond acceptors (Lipinski definition) is 4. The van der Waals surface area contributed by atoms with Crippen LogP contribution >= 0.6 is 11.3 Å². The van der Waals surface area contributed by atoms with Crippen LogP contribution < -0.4 is 4.90 Å². The second-order valence-electron chi connectivity index (χ2n) is 5.78. The zero-order chi connectivity index (χ0) is 14.2. The van der Waals surface area contributed by atoms with Crippen LogP contribution in [0.1, 0.15) is 46.6 Å². The molecule has 4 rings (SSSR count). The monoisotopic (exact) mass is 298 g/mol. The fraction of sp³-hybridized carbons (Fsp3) is 0.412. The second kappa shape index (κ2) is 5.26. The minimum absolute atomic E-state index is 0.224. The van der Waals surface area contributed by atoms with Gasteiger partial charge in [-0.15, -0.1) is 11.3 Å². The van der Waals surface area contributed by atoms with E-state index in [1.165, 1.54) is 29.0 Å². The number of fused-ring (bicyclic) bond motifs is 2. The largest absolute Gasteiger partial charge is 0.318 e. The quantitative estimate of drug-likeness (QED) is 0.793. The summed E-state index contributed by atoms with van der Waals surface area (Å²) >= 11 is 1.71. The van der Waals surface area contributed by atoms with Crippen LogP contribution in [-0.4, -0.2) is 17.3 Å². The van der Waals surface area contributed by atoms with Crippen molar-refractivity contribution in [3.63, 3.8) is 0 Å². The Hall–Kier alpha value is -1.68. The van der Waals surface area contributed by atoms with Gasteiger partial charge in [0.25, 0.3) is 0 Å². The highest BCUT2D eigenvalue weighted by Gasteiger charge is 2.26. The molecule has 0 saturated carbocycles. The normalized spacial score (nSPS) is 18.1. The lowest BCUT2D eigenvalue weighted by atomic mass is 10.0. The first-order chi connectivity index (χ1) is 10.3. The maximum absolute atomic E-state index is 12.0. The van der Waals surface area contributed by atoms with E-state index in [2.05, 4.69) is 29.2 Å². The molecule has 0 bridgehead atoms. The van der Waals surface area contributed by atoms with E-state index in [1.807, 2.05) is 0 Å². The number of hydrogen-bond donors (Lipinski definition) is 0. The van der Waals surface area contributed by atoms with Crippen LogP contribution in [0.3, 0.4) is 0 Å². The van der Waals surface area contributed by atoms with E-state index in [1.54, 1.807) is 11.3 Å². The Labute approximate surface area is 128 Å². The van der Waals surface area contributed by atoms with Crippen molar-refractivity contribution in [3.05, 3.63) is 40.4 Å². The third kappa shape index (κ3) is 2.27. The smallest absolute Gasteiger partial charge is 0.190 e. The first-order valence-corrected chi connectivity index (χ1v) is 8.53. The summed E-state index contributed by atoms with van der Waals surface area (Å²) < 4.78 is 0. The molecule has 0 unspecified atom stereocenters. The van der Waals surface area contributed by atoms with Gasteiger partial charge in [-0.3, -0.25) is 4.79 Å². The Balaban J connectivity index is 1.78. The van der Waals surface area contributed by atoms with E-state index < -0.39 is 0 Å². The zero-order valence-corrected chi connectivity index (χ0v) is 12.8. The minimum atomic E-state index is 0.224. The number of thiazole rings is 1. The van der Waals surface area contributed by atoms with E-state index in [0.29, 0.717) is 6.42 Å². The molecule has 1 aromatic heterocycles. The lowest BCUT2D eigenvalue weighted by Gasteiger charge is -2.21. The Kier molecular flexibility index (Phi) is 3.26. The number of carbonyl (C=O) groups is 1. The molecule has 21 heavy (non-hydrogen) atoms. The molecule has 2 aliphatic rings. The molecule has 1 aromatic carbocycles. The molecular formula is C17H18N2OS. The number of anilines is 2. The second-order valence-corrected chi connectivity index (χ2v) is 6.84. The van der Waals surface area contributed by atoms with Crippen LogP contribution in [0.4, 0.5) is 10.8 Å². The summed E-state index contributed by atoms with van der Waals surface area (Å²) in [6.07, 6.45) is 6.17. The summed E-state index contributed by atoms with van der Waals surface area (Å²) in [5.74, 6) is 0.224. The predicted octanol–water partition coefficient (Wildman–Crippen LogP) is 4.14. The van der Waals surface area contributed by atoms with Crippen molar-refractivity contribution in [3.8, 4) is 0 Å². The van der Waals surface area contributed by atoms with Crippen molar-refractivity contribution < 1.29 is 4.79 Å². The van der Waals surface area contributed by atoms with Crippen LogP contribution in [0, 0.1) is 0 Å². The van der Waals surface area contributed by atoms with E-state index in [9.17, 15) is 4.79 Å². The summed E-state index contributed by atoms with van der Waals surface area (Å²) in [6, 6.07) is 8.60. The molecule has 3 nitrogen and oxygen atoms in total. The highest BCUT2D eigenvalue weighted by molar-refractivity contribution is 7.16. The van der Waals surface area contributed by atoms with Crippen molar-refractivity contribution in [1.29, 1.82) is 0 Å². The first-order valence-electron chi connectivity index (χ1n) is 7.71. The summed E-state index contributed by atoms with van der Waals surface area (Å²) in [5, 5.41) is 1.00. The molecule has 2 heterocycles. The number of carbonyl (C=O) groups excluding carboxylic acids is 1. The maximum Gasteiger partial charge on any atom is 0.190 e. The third-order valence-electron chi connectivity index (χ3n) is 4.35. The van der Waals surface area contributed by atoms with Crippen molar-refractivity contribution in [2.75, 3.05) is 11.4 Å². The molecule has 0 amide bonds. The summed E-state index contributed by atoms with van der Waals surface area (Å²) in [5.41, 5.74) is 3.41. The number of aromatic nitrogens is 1. The van der Waals surface area contributed by atoms with Crippen LogP contribution in [0.2, 0.25) is 0 Å². The van der Waals surface area contributed by atoms with Crippen molar-refractivity contribution in [2.45, 2.75) is 38.5 Å². The number of nitrogens with zero attached hydrogens (tertiary/aromatic N) is 2. The molecule has 0 saturated heterocycles. The van der Waals surface area contributed by atoms with Gasteiger partial charge in [-0.2, -0.15) is 0 Å². The van der Waals surface area contributed by atoms with Gasteiger partial charge in [-0.1, -0.05) is 18.2 Å². The van der Waals surface area contributed by atoms with Crippen LogP contribution in [0.15, 0.2) is 24.3 Å². The number of ketones is 1. The number of aryl methyl sites for hydroxylation is 2. The van der Waals surface area contributed by atoms with E-state index in [-0.39, 0.29) is 5.78 Å². The lowest BCUT2D eigenvalue weighted by molar-refractivity contribution is 0.0968. The van der Waals surface area contributed by atoms with Gasteiger partial charge in [0.2, 0.25) is 0 Å². The molecule has 1 aliphatic carbocycles. The third-order valence-corrected chi connectivity index (χ3v) is 5.49. The van der Waals surface area contributed by atoms with Gasteiger partial charge in [-0.25, -0.2) is 4.98 Å². The molecule has 0 atom stereocenters. The fourth-order valence-electron chi connectivity index (χ4n) is 3.26. The van der Waals surface area contributed by atoms with Crippen molar-refractivity contribution >= 4 is 27.9 Å². The van der Waals surface area contributed by atoms with Gasteiger partial charge in [0.15, 0.2) is 10.9 Å². The topological polar surface area (TPSA) is 33.2 Å². The van der Waals surface area contributed by atoms with Crippen molar-refractivity contribution in [2.24, 2.45) is 0 Å². The van der Waals surface area contributed by atoms with Crippen molar-refractivity contribution in [1.82, 2.24) is 4.98 Å². The molecule has 1 aliphatic heterocycles. The van der Waals surface area contributed by atoms with Crippen LogP contribution in [-0.2, 0) is 12.8 Å². The van der Waals surface area contributed by atoms with E-state index >= 15 is 0 Å². The molecule has 108 valence electrons. The zero-order valence-electron chi connectivity index (χ0n) is 12.0. The molecule has 0 fully saturated rings. The highest BCUT2D eigenvalue weighted by Crippen LogP contribution is 2.38. The molecule has 0 N–H and O–H groups in total. The van der Waals surface area contributed by atoms with Gasteiger partial charge in [0.1, 0.15) is 5.69 Å². The molecule has 0 spiro atoms. The minimum Gasteiger partial charge on any atom is -0.318 e. The number of Topliss-reactive ketones (excluding diaryl/α,β-unsaturated/α-hetero) is 1. The Morgan fingerprint density at radius 2 is 1.95 bits per heavy atom. The SMILES string of the molecule is O=C1CCCc2sc(N3CCCCc4ccccc43)nc21. The highest BCUT2D eigenvalue weighted by atomic mass is 32.1. The Morgan fingerprint density at radius 1 is 1.05 bits per heavy atom. The molecular weight excluding hydrogens is 280 g/mol. The van der Waals surface area contributed by atoms with E-state index in [0.717, 1.165) is 36.6 Å². The maximum atomic E-state index is 12.0.